The molecule has 1 atom stereocenters. The van der Waals surface area contributed by atoms with E-state index in [4.69, 9.17) is 9.26 Å². The maximum Gasteiger partial charge on any atom is 0.431 e. The summed E-state index contributed by atoms with van der Waals surface area (Å²) in [4.78, 5) is 40.6. The Bertz CT molecular complexity index is 1120. The summed E-state index contributed by atoms with van der Waals surface area (Å²) in [6.07, 6.45) is 0.0442. The lowest BCUT2D eigenvalue weighted by Gasteiger charge is -2.20. The second-order valence-electron chi connectivity index (χ2n) is 7.00. The van der Waals surface area contributed by atoms with Gasteiger partial charge in [-0.2, -0.15) is 0 Å². The Morgan fingerprint density at radius 2 is 1.83 bits per heavy atom. The van der Waals surface area contributed by atoms with Crippen molar-refractivity contribution >= 4 is 17.5 Å². The van der Waals surface area contributed by atoms with Gasteiger partial charge in [0.05, 0.1) is 31.8 Å². The summed E-state index contributed by atoms with van der Waals surface area (Å²) in [5.41, 5.74) is 0.970. The number of ether oxygens (including phenoxy) is 1. The zero-order chi connectivity index (χ0) is 21.3. The number of H-pyrrole nitrogens is 1. The topological polar surface area (TPSA) is 99.7 Å². The SMILES string of the molecule is COc1ccc(-[n+]2[nH]oc(=O)c2CN(C)C2CC(=O)N(c3ccccc3)C2=O)cc1. The van der Waals surface area contributed by atoms with Gasteiger partial charge < -0.3 is 4.74 Å². The molecular formula is C21H21N4O5+. The predicted molar refractivity (Wildman–Crippen MR) is 106 cm³/mol. The normalized spacial score (nSPS) is 16.5. The van der Waals surface area contributed by atoms with Crippen molar-refractivity contribution in [3.8, 4) is 11.4 Å². The molecule has 2 aromatic carbocycles. The molecule has 0 saturated carbocycles. The van der Waals surface area contributed by atoms with E-state index in [9.17, 15) is 14.4 Å². The fourth-order valence-corrected chi connectivity index (χ4v) is 3.52. The number of imide groups is 1. The van der Waals surface area contributed by atoms with Crippen molar-refractivity contribution in [2.75, 3.05) is 19.1 Å². The van der Waals surface area contributed by atoms with Crippen LogP contribution < -0.4 is 19.9 Å². The molecule has 0 bridgehead atoms. The van der Waals surface area contributed by atoms with Crippen LogP contribution in [0.3, 0.4) is 0 Å². The number of para-hydroxylation sites is 1. The molecule has 9 nitrogen and oxygen atoms in total. The number of rotatable bonds is 6. The lowest BCUT2D eigenvalue weighted by Crippen LogP contribution is -2.45. The lowest BCUT2D eigenvalue weighted by atomic mass is 10.2. The van der Waals surface area contributed by atoms with Gasteiger partial charge >= 0.3 is 11.3 Å². The molecule has 0 spiro atoms. The Morgan fingerprint density at radius 3 is 2.50 bits per heavy atom. The number of carbonyl (C=O) groups is 2. The molecule has 1 aliphatic rings. The number of carbonyl (C=O) groups excluding carboxylic acids is 2. The number of aromatic amines is 1. The Morgan fingerprint density at radius 1 is 1.13 bits per heavy atom. The monoisotopic (exact) mass is 409 g/mol. The summed E-state index contributed by atoms with van der Waals surface area (Å²) in [5, 5.41) is 2.58. The molecule has 3 aromatic rings. The molecule has 4 rings (SSSR count). The molecule has 1 aromatic heterocycles. The second kappa shape index (κ2) is 7.96. The highest BCUT2D eigenvalue weighted by Gasteiger charge is 2.42. The number of nitrogens with one attached hydrogen (secondary N) is 1. The van der Waals surface area contributed by atoms with Gasteiger partial charge in [0.25, 0.3) is 5.91 Å². The standard InChI is InChI=1S/C21H20N4O5/c1-23(17-12-19(26)24(20(17)27)14-6-4-3-5-7-14)13-18-21(28)30-22-25(18)15-8-10-16(29-2)11-9-15/h3-11,17H,12-13H2,1-2H3/p+1. The largest absolute Gasteiger partial charge is 0.497 e. The Balaban J connectivity index is 1.57. The zero-order valence-corrected chi connectivity index (χ0v) is 16.6. The highest BCUT2D eigenvalue weighted by molar-refractivity contribution is 6.22. The van der Waals surface area contributed by atoms with Gasteiger partial charge in [0.2, 0.25) is 11.6 Å². The van der Waals surface area contributed by atoms with Crippen molar-refractivity contribution in [2.24, 2.45) is 0 Å². The first-order chi connectivity index (χ1) is 14.5. The van der Waals surface area contributed by atoms with Gasteiger partial charge in [-0.25, -0.2) is 9.69 Å². The van der Waals surface area contributed by atoms with Crippen molar-refractivity contribution in [3.63, 3.8) is 0 Å². The van der Waals surface area contributed by atoms with Crippen LogP contribution in [0, 0.1) is 0 Å². The smallest absolute Gasteiger partial charge is 0.431 e. The van der Waals surface area contributed by atoms with Gasteiger partial charge in [0.1, 0.15) is 5.75 Å². The number of aromatic nitrogens is 2. The summed E-state index contributed by atoms with van der Waals surface area (Å²) < 4.78 is 11.6. The Kier molecular flexibility index (Phi) is 5.20. The molecule has 1 unspecified atom stereocenters. The predicted octanol–water partition coefficient (Wildman–Crippen LogP) is 1.02. The van der Waals surface area contributed by atoms with Crippen LogP contribution in [0.2, 0.25) is 0 Å². The Labute approximate surface area is 172 Å². The summed E-state index contributed by atoms with van der Waals surface area (Å²) >= 11 is 0. The van der Waals surface area contributed by atoms with E-state index in [2.05, 4.69) is 5.27 Å². The van der Waals surface area contributed by atoms with Crippen LogP contribution in [-0.2, 0) is 16.1 Å². The number of anilines is 1. The van der Waals surface area contributed by atoms with Crippen LogP contribution in [0.25, 0.3) is 5.69 Å². The van der Waals surface area contributed by atoms with Crippen LogP contribution in [-0.4, -0.2) is 42.2 Å². The second-order valence-corrected chi connectivity index (χ2v) is 7.00. The first-order valence-electron chi connectivity index (χ1n) is 9.38. The van der Waals surface area contributed by atoms with E-state index in [0.717, 1.165) is 0 Å². The van der Waals surface area contributed by atoms with Gasteiger partial charge in [0.15, 0.2) is 0 Å². The molecule has 1 saturated heterocycles. The fourth-order valence-electron chi connectivity index (χ4n) is 3.52. The third kappa shape index (κ3) is 3.50. The molecule has 0 radical (unpaired) electrons. The van der Waals surface area contributed by atoms with Crippen molar-refractivity contribution in [3.05, 3.63) is 70.7 Å². The summed E-state index contributed by atoms with van der Waals surface area (Å²) in [6, 6.07) is 15.2. The number of methoxy groups -OCH3 is 1. The number of likely N-dealkylation sites (N-methyl/N-ethyl adjacent to an activating group) is 1. The first kappa shape index (κ1) is 19.6. The van der Waals surface area contributed by atoms with E-state index in [1.807, 2.05) is 6.07 Å². The molecule has 1 fully saturated rings. The molecule has 2 heterocycles. The van der Waals surface area contributed by atoms with Crippen molar-refractivity contribution in [1.29, 1.82) is 0 Å². The number of hydrogen-bond donors (Lipinski definition) is 1. The first-order valence-corrected chi connectivity index (χ1v) is 9.38. The molecular weight excluding hydrogens is 388 g/mol. The number of amides is 2. The average Bonchev–Trinajstić information content (AvgIpc) is 3.27. The zero-order valence-electron chi connectivity index (χ0n) is 16.6. The van der Waals surface area contributed by atoms with Gasteiger partial charge in [-0.1, -0.05) is 18.2 Å². The minimum absolute atomic E-state index is 0.0442. The van der Waals surface area contributed by atoms with Crippen LogP contribution in [0.5, 0.6) is 5.75 Å². The van der Waals surface area contributed by atoms with E-state index >= 15 is 0 Å². The van der Waals surface area contributed by atoms with Crippen molar-refractivity contribution in [2.45, 2.75) is 19.0 Å². The quantitative estimate of drug-likeness (QED) is 0.482. The number of nitrogens with zero attached hydrogens (tertiary/aromatic N) is 3. The highest BCUT2D eigenvalue weighted by Crippen LogP contribution is 2.25. The van der Waals surface area contributed by atoms with Crippen LogP contribution in [0.1, 0.15) is 12.1 Å². The average molecular weight is 409 g/mol. The van der Waals surface area contributed by atoms with E-state index in [-0.39, 0.29) is 24.8 Å². The third-order valence-electron chi connectivity index (χ3n) is 5.13. The molecule has 154 valence electrons. The van der Waals surface area contributed by atoms with Gasteiger partial charge in [-0.15, -0.1) is 0 Å². The number of hydrogen-bond acceptors (Lipinski definition) is 6. The molecule has 30 heavy (non-hydrogen) atoms. The summed E-state index contributed by atoms with van der Waals surface area (Å²) in [6.45, 7) is 0.115. The lowest BCUT2D eigenvalue weighted by molar-refractivity contribution is -0.678. The summed E-state index contributed by atoms with van der Waals surface area (Å²) in [5.74, 6) is 0.0942. The molecule has 1 N–H and O–H groups in total. The third-order valence-corrected chi connectivity index (χ3v) is 5.13. The molecule has 2 amide bonds. The number of benzene rings is 2. The molecule has 9 heteroatoms. The van der Waals surface area contributed by atoms with E-state index in [0.29, 0.717) is 22.8 Å². The fraction of sp³-hybridized carbons (Fsp3) is 0.238. The van der Waals surface area contributed by atoms with E-state index in [1.54, 1.807) is 67.6 Å². The maximum absolute atomic E-state index is 12.9. The molecule has 1 aliphatic heterocycles. The van der Waals surface area contributed by atoms with Crippen LogP contribution >= 0.6 is 0 Å². The van der Waals surface area contributed by atoms with Crippen LogP contribution in [0.15, 0.2) is 63.9 Å². The molecule has 0 aliphatic carbocycles. The van der Waals surface area contributed by atoms with Gasteiger partial charge in [-0.3, -0.25) is 19.0 Å². The van der Waals surface area contributed by atoms with Gasteiger partial charge in [-0.05, 0) is 41.3 Å². The minimum atomic E-state index is -0.670. The van der Waals surface area contributed by atoms with Gasteiger partial charge in [0, 0.05) is 12.1 Å². The van der Waals surface area contributed by atoms with Crippen LogP contribution in [0.4, 0.5) is 5.69 Å². The minimum Gasteiger partial charge on any atom is -0.497 e. The van der Waals surface area contributed by atoms with Crippen molar-refractivity contribution in [1.82, 2.24) is 10.2 Å². The van der Waals surface area contributed by atoms with Crippen molar-refractivity contribution < 1.29 is 23.5 Å². The highest BCUT2D eigenvalue weighted by atomic mass is 16.5. The Hall–Kier alpha value is -3.72. The summed E-state index contributed by atoms with van der Waals surface area (Å²) in [7, 11) is 3.27. The van der Waals surface area contributed by atoms with E-state index in [1.165, 1.54) is 9.58 Å². The van der Waals surface area contributed by atoms with E-state index < -0.39 is 11.7 Å². The maximum atomic E-state index is 12.9.